The minimum absolute atomic E-state index is 0.0245. The number of anilines is 2. The van der Waals surface area contributed by atoms with Crippen LogP contribution in [-0.4, -0.2) is 52.6 Å². The van der Waals surface area contributed by atoms with Crippen molar-refractivity contribution in [1.82, 2.24) is 19.9 Å². The normalized spacial score (nSPS) is 17.6. The van der Waals surface area contributed by atoms with Gasteiger partial charge in [0.2, 0.25) is 5.91 Å². The molecule has 0 bridgehead atoms. The Hall–Kier alpha value is -2.06. The summed E-state index contributed by atoms with van der Waals surface area (Å²) in [7, 11) is 1.54. The molecule has 2 aromatic heterocycles. The van der Waals surface area contributed by atoms with E-state index in [1.54, 1.807) is 18.4 Å². The molecule has 3 heterocycles. The number of nitrogens with zero attached hydrogens (tertiary/aromatic N) is 4. The van der Waals surface area contributed by atoms with Crippen molar-refractivity contribution >= 4 is 28.2 Å². The van der Waals surface area contributed by atoms with Gasteiger partial charge in [0.1, 0.15) is 18.2 Å². The summed E-state index contributed by atoms with van der Waals surface area (Å²) >= 11 is 1.55. The van der Waals surface area contributed by atoms with Gasteiger partial charge in [0.25, 0.3) is 0 Å². The number of ether oxygens (including phenoxy) is 1. The molecule has 2 aromatic rings. The molecule has 3 rings (SSSR count). The lowest BCUT2D eigenvalue weighted by atomic mass is 9.97. The van der Waals surface area contributed by atoms with E-state index in [0.717, 1.165) is 47.5 Å². The standard InChI is InChI=1S/C17H23N5O2S/c1-11-7-14(21-17-19-12(2)10-25-17)20-16(18-11)13-5-4-6-22(8-13)15(23)9-24-3/h7,10,13H,4-6,8-9H2,1-3H3,(H,18,19,20,21)/t13-/m0/s1. The zero-order chi connectivity index (χ0) is 17.8. The zero-order valence-corrected chi connectivity index (χ0v) is 15.6. The molecule has 0 unspecified atom stereocenters. The Kier molecular flexibility index (Phi) is 5.60. The van der Waals surface area contributed by atoms with Crippen LogP contribution >= 0.6 is 11.3 Å². The first kappa shape index (κ1) is 17.8. The van der Waals surface area contributed by atoms with E-state index in [2.05, 4.69) is 20.3 Å². The van der Waals surface area contributed by atoms with Crippen LogP contribution in [0.5, 0.6) is 0 Å². The van der Waals surface area contributed by atoms with Crippen LogP contribution in [0.1, 0.15) is 36.0 Å². The van der Waals surface area contributed by atoms with Crippen molar-refractivity contribution in [2.75, 3.05) is 32.1 Å². The highest BCUT2D eigenvalue weighted by Gasteiger charge is 2.26. The average Bonchev–Trinajstić information content (AvgIpc) is 2.99. The van der Waals surface area contributed by atoms with Crippen molar-refractivity contribution in [3.05, 3.63) is 28.7 Å². The molecule has 8 heteroatoms. The second kappa shape index (κ2) is 7.88. The molecule has 1 amide bonds. The molecular weight excluding hydrogens is 338 g/mol. The summed E-state index contributed by atoms with van der Waals surface area (Å²) in [5.41, 5.74) is 1.89. The van der Waals surface area contributed by atoms with Gasteiger partial charge in [-0.1, -0.05) is 0 Å². The van der Waals surface area contributed by atoms with E-state index in [0.29, 0.717) is 6.54 Å². The predicted octanol–water partition coefficient (Wildman–Crippen LogP) is 2.65. The van der Waals surface area contributed by atoms with E-state index in [1.807, 2.05) is 30.2 Å². The van der Waals surface area contributed by atoms with Gasteiger partial charge in [-0.2, -0.15) is 0 Å². The molecule has 0 saturated carbocycles. The molecule has 0 aromatic carbocycles. The Morgan fingerprint density at radius 1 is 1.36 bits per heavy atom. The first-order chi connectivity index (χ1) is 12.0. The molecule has 1 saturated heterocycles. The summed E-state index contributed by atoms with van der Waals surface area (Å²) in [4.78, 5) is 27.6. The van der Waals surface area contributed by atoms with Crippen LogP contribution in [0.15, 0.2) is 11.4 Å². The van der Waals surface area contributed by atoms with Gasteiger partial charge >= 0.3 is 0 Å². The number of nitrogens with one attached hydrogen (secondary N) is 1. The highest BCUT2D eigenvalue weighted by Crippen LogP contribution is 2.27. The molecule has 1 aliphatic heterocycles. The maximum atomic E-state index is 12.1. The predicted molar refractivity (Wildman–Crippen MR) is 97.3 cm³/mol. The van der Waals surface area contributed by atoms with Crippen LogP contribution in [-0.2, 0) is 9.53 Å². The number of carbonyl (C=O) groups excluding carboxylic acids is 1. The third-order valence-corrected chi connectivity index (χ3v) is 5.01. The molecule has 0 aliphatic carbocycles. The quantitative estimate of drug-likeness (QED) is 0.882. The van der Waals surface area contributed by atoms with E-state index in [1.165, 1.54) is 0 Å². The van der Waals surface area contributed by atoms with Crippen LogP contribution in [0.25, 0.3) is 0 Å². The molecule has 0 radical (unpaired) electrons. The van der Waals surface area contributed by atoms with Crippen molar-refractivity contribution in [2.45, 2.75) is 32.6 Å². The number of rotatable bonds is 5. The molecule has 1 aliphatic rings. The van der Waals surface area contributed by atoms with E-state index in [4.69, 9.17) is 4.74 Å². The van der Waals surface area contributed by atoms with Gasteiger partial charge in [0, 0.05) is 43.3 Å². The third-order valence-electron chi connectivity index (χ3n) is 4.13. The van der Waals surface area contributed by atoms with E-state index >= 15 is 0 Å². The van der Waals surface area contributed by atoms with E-state index in [-0.39, 0.29) is 18.4 Å². The van der Waals surface area contributed by atoms with Crippen molar-refractivity contribution in [1.29, 1.82) is 0 Å². The number of aromatic nitrogens is 3. The Morgan fingerprint density at radius 2 is 2.20 bits per heavy atom. The monoisotopic (exact) mass is 361 g/mol. The minimum atomic E-state index is 0.0245. The number of thiazole rings is 1. The van der Waals surface area contributed by atoms with Gasteiger partial charge in [0.05, 0.1) is 5.69 Å². The van der Waals surface area contributed by atoms with Gasteiger partial charge in [0.15, 0.2) is 5.13 Å². The molecule has 7 nitrogen and oxygen atoms in total. The van der Waals surface area contributed by atoms with Gasteiger partial charge in [-0.3, -0.25) is 4.79 Å². The number of amides is 1. The van der Waals surface area contributed by atoms with Crippen molar-refractivity contribution in [3.8, 4) is 0 Å². The van der Waals surface area contributed by atoms with Gasteiger partial charge < -0.3 is 15.0 Å². The number of hydrogen-bond donors (Lipinski definition) is 1. The molecule has 0 spiro atoms. The highest BCUT2D eigenvalue weighted by molar-refractivity contribution is 7.13. The first-order valence-electron chi connectivity index (χ1n) is 8.36. The highest BCUT2D eigenvalue weighted by atomic mass is 32.1. The number of methoxy groups -OCH3 is 1. The van der Waals surface area contributed by atoms with Crippen molar-refractivity contribution in [3.63, 3.8) is 0 Å². The largest absolute Gasteiger partial charge is 0.375 e. The molecular formula is C17H23N5O2S. The summed E-state index contributed by atoms with van der Waals surface area (Å²) in [6, 6.07) is 1.91. The summed E-state index contributed by atoms with van der Waals surface area (Å²) in [6.07, 6.45) is 1.93. The summed E-state index contributed by atoms with van der Waals surface area (Å²) in [5.74, 6) is 1.70. The second-order valence-electron chi connectivity index (χ2n) is 6.28. The van der Waals surface area contributed by atoms with Gasteiger partial charge in [-0.15, -0.1) is 11.3 Å². The molecule has 1 fully saturated rings. The van der Waals surface area contributed by atoms with Crippen molar-refractivity contribution < 1.29 is 9.53 Å². The second-order valence-corrected chi connectivity index (χ2v) is 7.14. The minimum Gasteiger partial charge on any atom is -0.375 e. The summed E-state index contributed by atoms with van der Waals surface area (Å²) in [6.45, 7) is 5.46. The average molecular weight is 361 g/mol. The molecule has 134 valence electrons. The summed E-state index contributed by atoms with van der Waals surface area (Å²) < 4.78 is 4.97. The Bertz CT molecular complexity index is 748. The maximum Gasteiger partial charge on any atom is 0.248 e. The van der Waals surface area contributed by atoms with Crippen LogP contribution in [0.2, 0.25) is 0 Å². The first-order valence-corrected chi connectivity index (χ1v) is 9.24. The molecule has 25 heavy (non-hydrogen) atoms. The van der Waals surface area contributed by atoms with Crippen LogP contribution in [0, 0.1) is 13.8 Å². The lowest BCUT2D eigenvalue weighted by molar-refractivity contribution is -0.136. The number of likely N-dealkylation sites (tertiary alicyclic amines) is 1. The number of carbonyl (C=O) groups is 1. The number of hydrogen-bond acceptors (Lipinski definition) is 7. The fourth-order valence-electron chi connectivity index (χ4n) is 2.99. The number of piperidine rings is 1. The maximum absolute atomic E-state index is 12.1. The Labute approximate surface area is 151 Å². The third kappa shape index (κ3) is 4.52. The lowest BCUT2D eigenvalue weighted by Crippen LogP contribution is -2.41. The Balaban J connectivity index is 1.76. The van der Waals surface area contributed by atoms with Gasteiger partial charge in [-0.05, 0) is 26.7 Å². The number of aryl methyl sites for hydroxylation is 2. The zero-order valence-electron chi connectivity index (χ0n) is 14.8. The fraction of sp³-hybridized carbons (Fsp3) is 0.529. The topological polar surface area (TPSA) is 80.2 Å². The van der Waals surface area contributed by atoms with Gasteiger partial charge in [-0.25, -0.2) is 15.0 Å². The molecule has 1 N–H and O–H groups in total. The summed E-state index contributed by atoms with van der Waals surface area (Å²) in [5, 5.41) is 6.07. The van der Waals surface area contributed by atoms with E-state index < -0.39 is 0 Å². The SMILES string of the molecule is COCC(=O)N1CCC[C@H](c2nc(C)cc(Nc3nc(C)cs3)n2)C1. The smallest absolute Gasteiger partial charge is 0.248 e. The van der Waals surface area contributed by atoms with E-state index in [9.17, 15) is 4.79 Å². The van der Waals surface area contributed by atoms with Crippen LogP contribution < -0.4 is 5.32 Å². The fourth-order valence-corrected chi connectivity index (χ4v) is 3.68. The van der Waals surface area contributed by atoms with Crippen molar-refractivity contribution in [2.24, 2.45) is 0 Å². The lowest BCUT2D eigenvalue weighted by Gasteiger charge is -2.32. The van der Waals surface area contributed by atoms with Crippen LogP contribution in [0.4, 0.5) is 10.9 Å². The Morgan fingerprint density at radius 3 is 2.92 bits per heavy atom. The molecule has 1 atom stereocenters. The van der Waals surface area contributed by atoms with Crippen LogP contribution in [0.3, 0.4) is 0 Å².